The van der Waals surface area contributed by atoms with E-state index in [9.17, 15) is 0 Å². The fourth-order valence-electron chi connectivity index (χ4n) is 2.01. The van der Waals surface area contributed by atoms with Gasteiger partial charge in [0.05, 0.1) is 12.3 Å². The molecule has 0 fully saturated rings. The molecule has 0 amide bonds. The van der Waals surface area contributed by atoms with Gasteiger partial charge in [0.2, 0.25) is 0 Å². The Bertz CT molecular complexity index is 479. The highest BCUT2D eigenvalue weighted by atomic mass is 16.5. The quantitative estimate of drug-likeness (QED) is 0.772. The Morgan fingerprint density at radius 2 is 2.05 bits per heavy atom. The molecule has 102 valence electrons. The summed E-state index contributed by atoms with van der Waals surface area (Å²) < 4.78 is 11.1. The van der Waals surface area contributed by atoms with Gasteiger partial charge in [0.15, 0.2) is 0 Å². The van der Waals surface area contributed by atoms with E-state index in [0.29, 0.717) is 6.61 Å². The second kappa shape index (κ2) is 7.00. The summed E-state index contributed by atoms with van der Waals surface area (Å²) in [6.45, 7) is 5.67. The summed E-state index contributed by atoms with van der Waals surface area (Å²) in [5.74, 6) is 1.94. The van der Waals surface area contributed by atoms with Crippen molar-refractivity contribution in [1.29, 1.82) is 0 Å². The van der Waals surface area contributed by atoms with Crippen molar-refractivity contribution in [1.82, 2.24) is 5.32 Å². The van der Waals surface area contributed by atoms with Gasteiger partial charge in [0.1, 0.15) is 18.1 Å². The maximum Gasteiger partial charge on any atom is 0.122 e. The molecule has 1 aromatic heterocycles. The number of aryl methyl sites for hydroxylation is 1. The topological polar surface area (TPSA) is 34.4 Å². The van der Waals surface area contributed by atoms with Crippen molar-refractivity contribution in [3.8, 4) is 5.75 Å². The number of para-hydroxylation sites is 1. The molecule has 19 heavy (non-hydrogen) atoms. The third-order valence-corrected chi connectivity index (χ3v) is 3.13. The van der Waals surface area contributed by atoms with Crippen molar-refractivity contribution in [2.45, 2.75) is 26.3 Å². The van der Waals surface area contributed by atoms with Gasteiger partial charge in [-0.15, -0.1) is 0 Å². The van der Waals surface area contributed by atoms with Gasteiger partial charge in [-0.2, -0.15) is 0 Å². The second-order valence-corrected chi connectivity index (χ2v) is 4.50. The van der Waals surface area contributed by atoms with Crippen LogP contribution in [0, 0.1) is 0 Å². The Kier molecular flexibility index (Phi) is 5.04. The highest BCUT2D eigenvalue weighted by molar-refractivity contribution is 5.33. The lowest BCUT2D eigenvalue weighted by atomic mass is 10.1. The minimum Gasteiger partial charge on any atom is -0.492 e. The van der Waals surface area contributed by atoms with Crippen LogP contribution < -0.4 is 10.1 Å². The summed E-state index contributed by atoms with van der Waals surface area (Å²) in [6, 6.07) is 12.3. The molecule has 1 aromatic carbocycles. The molecule has 0 bridgehead atoms. The molecule has 3 heteroatoms. The maximum absolute atomic E-state index is 5.80. The van der Waals surface area contributed by atoms with Crippen molar-refractivity contribution >= 4 is 0 Å². The molecule has 1 N–H and O–H groups in total. The summed E-state index contributed by atoms with van der Waals surface area (Å²) >= 11 is 0. The molecule has 0 saturated heterocycles. The van der Waals surface area contributed by atoms with E-state index in [2.05, 4.69) is 25.2 Å². The second-order valence-electron chi connectivity index (χ2n) is 4.50. The van der Waals surface area contributed by atoms with Crippen LogP contribution >= 0.6 is 0 Å². The molecular weight excluding hydrogens is 238 g/mol. The first-order valence-corrected chi connectivity index (χ1v) is 6.78. The van der Waals surface area contributed by atoms with Gasteiger partial charge >= 0.3 is 0 Å². The Hall–Kier alpha value is -1.74. The largest absolute Gasteiger partial charge is 0.492 e. The average Bonchev–Trinajstić information content (AvgIpc) is 2.98. The molecule has 1 heterocycles. The number of hydrogen-bond donors (Lipinski definition) is 1. The van der Waals surface area contributed by atoms with E-state index in [4.69, 9.17) is 9.15 Å². The monoisotopic (exact) mass is 259 g/mol. The van der Waals surface area contributed by atoms with E-state index in [1.165, 1.54) is 5.56 Å². The van der Waals surface area contributed by atoms with Crippen molar-refractivity contribution in [2.24, 2.45) is 0 Å². The van der Waals surface area contributed by atoms with Gasteiger partial charge in [-0.1, -0.05) is 25.1 Å². The molecule has 0 spiro atoms. The van der Waals surface area contributed by atoms with Crippen molar-refractivity contribution in [3.63, 3.8) is 0 Å². The Morgan fingerprint density at radius 1 is 1.21 bits per heavy atom. The predicted molar refractivity (Wildman–Crippen MR) is 76.4 cm³/mol. The zero-order valence-corrected chi connectivity index (χ0v) is 11.6. The van der Waals surface area contributed by atoms with Crippen LogP contribution in [0.5, 0.6) is 5.75 Å². The third kappa shape index (κ3) is 3.86. The molecule has 2 aromatic rings. The molecule has 0 aliphatic rings. The van der Waals surface area contributed by atoms with Gasteiger partial charge < -0.3 is 14.5 Å². The summed E-state index contributed by atoms with van der Waals surface area (Å²) in [7, 11) is 0. The van der Waals surface area contributed by atoms with Crippen LogP contribution in [0.4, 0.5) is 0 Å². The van der Waals surface area contributed by atoms with Crippen LogP contribution in [0.3, 0.4) is 0 Å². The molecule has 1 unspecified atom stereocenters. The highest BCUT2D eigenvalue weighted by Gasteiger charge is 2.07. The lowest BCUT2D eigenvalue weighted by Crippen LogP contribution is -2.24. The lowest BCUT2D eigenvalue weighted by Gasteiger charge is -2.13. The van der Waals surface area contributed by atoms with E-state index < -0.39 is 0 Å². The van der Waals surface area contributed by atoms with Crippen LogP contribution in [0.1, 0.15) is 31.2 Å². The normalized spacial score (nSPS) is 12.3. The Balaban J connectivity index is 1.75. The Labute approximate surface area is 114 Å². The minimum atomic E-state index is 0.208. The third-order valence-electron chi connectivity index (χ3n) is 3.13. The van der Waals surface area contributed by atoms with Crippen LogP contribution in [0.2, 0.25) is 0 Å². The summed E-state index contributed by atoms with van der Waals surface area (Å²) in [5.41, 5.74) is 1.25. The number of nitrogens with one attached hydrogen (secondary N) is 1. The molecule has 0 saturated carbocycles. The number of furan rings is 1. The minimum absolute atomic E-state index is 0.208. The van der Waals surface area contributed by atoms with Gasteiger partial charge in [0, 0.05) is 6.54 Å². The molecule has 0 aliphatic heterocycles. The van der Waals surface area contributed by atoms with Gasteiger partial charge in [-0.25, -0.2) is 0 Å². The van der Waals surface area contributed by atoms with E-state index in [1.807, 2.05) is 30.3 Å². The van der Waals surface area contributed by atoms with Crippen LogP contribution in [0.25, 0.3) is 0 Å². The highest BCUT2D eigenvalue weighted by Crippen LogP contribution is 2.18. The number of hydrogen-bond acceptors (Lipinski definition) is 3. The fraction of sp³-hybridized carbons (Fsp3) is 0.375. The van der Waals surface area contributed by atoms with Crippen molar-refractivity contribution in [2.75, 3.05) is 13.2 Å². The number of benzene rings is 1. The SMILES string of the molecule is CCc1ccccc1OCCNC(C)c1ccco1. The van der Waals surface area contributed by atoms with E-state index in [1.54, 1.807) is 6.26 Å². The molecule has 2 rings (SSSR count). The smallest absolute Gasteiger partial charge is 0.122 e. The first-order valence-electron chi connectivity index (χ1n) is 6.78. The standard InChI is InChI=1S/C16H21NO2/c1-3-14-7-4-5-8-16(14)19-12-10-17-13(2)15-9-6-11-18-15/h4-9,11,13,17H,3,10,12H2,1-2H3. The average molecular weight is 259 g/mol. The van der Waals surface area contributed by atoms with Crippen LogP contribution in [0.15, 0.2) is 47.1 Å². The van der Waals surface area contributed by atoms with Crippen molar-refractivity contribution < 1.29 is 9.15 Å². The van der Waals surface area contributed by atoms with E-state index in [0.717, 1.165) is 24.5 Å². The first kappa shape index (κ1) is 13.7. The summed E-state index contributed by atoms with van der Waals surface area (Å²) in [5, 5.41) is 3.37. The van der Waals surface area contributed by atoms with Gasteiger partial charge in [-0.3, -0.25) is 0 Å². The van der Waals surface area contributed by atoms with E-state index in [-0.39, 0.29) is 6.04 Å². The molecule has 0 aliphatic carbocycles. The molecular formula is C16H21NO2. The number of ether oxygens (including phenoxy) is 1. The van der Waals surface area contributed by atoms with Gasteiger partial charge in [0.25, 0.3) is 0 Å². The van der Waals surface area contributed by atoms with Crippen LogP contribution in [-0.2, 0) is 6.42 Å². The number of rotatable bonds is 7. The van der Waals surface area contributed by atoms with Gasteiger partial charge in [-0.05, 0) is 37.1 Å². The van der Waals surface area contributed by atoms with Crippen LogP contribution in [-0.4, -0.2) is 13.2 Å². The molecule has 1 atom stereocenters. The maximum atomic E-state index is 5.80. The lowest BCUT2D eigenvalue weighted by molar-refractivity contribution is 0.299. The van der Waals surface area contributed by atoms with Crippen molar-refractivity contribution in [3.05, 3.63) is 54.0 Å². The zero-order valence-electron chi connectivity index (χ0n) is 11.6. The zero-order chi connectivity index (χ0) is 13.5. The molecule has 0 radical (unpaired) electrons. The first-order chi connectivity index (χ1) is 9.31. The summed E-state index contributed by atoms with van der Waals surface area (Å²) in [4.78, 5) is 0. The Morgan fingerprint density at radius 3 is 2.79 bits per heavy atom. The predicted octanol–water partition coefficient (Wildman–Crippen LogP) is 3.57. The fourth-order valence-corrected chi connectivity index (χ4v) is 2.01. The summed E-state index contributed by atoms with van der Waals surface area (Å²) in [6.07, 6.45) is 2.69. The molecule has 3 nitrogen and oxygen atoms in total. The van der Waals surface area contributed by atoms with E-state index >= 15 is 0 Å².